The number of carboxylic acid groups (broad SMARTS) is 2. The molecule has 0 spiro atoms. The summed E-state index contributed by atoms with van der Waals surface area (Å²) in [4.78, 5) is 33.2. The van der Waals surface area contributed by atoms with Gasteiger partial charge in [-0.25, -0.2) is 14.0 Å². The number of fused-ring (bicyclic) bond motifs is 1. The summed E-state index contributed by atoms with van der Waals surface area (Å²) in [6, 6.07) is 10.1. The first-order chi connectivity index (χ1) is 23.0. The molecule has 19 heteroatoms. The zero-order valence-electron chi connectivity index (χ0n) is 25.7. The van der Waals surface area contributed by atoms with E-state index in [4.69, 9.17) is 34.0 Å². The van der Waals surface area contributed by atoms with Gasteiger partial charge >= 0.3 is 24.3 Å². The maximum absolute atomic E-state index is 13.7. The molecule has 0 bridgehead atoms. The Labute approximate surface area is 273 Å². The molecule has 4 N–H and O–H groups in total. The largest absolute Gasteiger partial charge is 0.492 e. The number of carbonyl (C=O) groups is 3. The molecule has 12 nitrogen and oxygen atoms in total. The number of aromatic nitrogens is 2. The fraction of sp³-hybridized carbons (Fsp3) is 0.400. The topological polar surface area (TPSA) is 163 Å². The predicted octanol–water partition coefficient (Wildman–Crippen LogP) is 4.69. The highest BCUT2D eigenvalue weighted by Gasteiger charge is 2.39. The molecule has 1 amide bonds. The second-order valence-corrected chi connectivity index (χ2v) is 10.5. The van der Waals surface area contributed by atoms with Gasteiger partial charge in [-0.15, -0.1) is 0 Å². The maximum atomic E-state index is 13.7. The van der Waals surface area contributed by atoms with Crippen molar-refractivity contribution in [2.75, 3.05) is 51.4 Å². The van der Waals surface area contributed by atoms with E-state index >= 15 is 0 Å². The second kappa shape index (κ2) is 17.0. The van der Waals surface area contributed by atoms with Crippen molar-refractivity contribution in [1.82, 2.24) is 15.1 Å². The molecule has 2 aromatic carbocycles. The quantitative estimate of drug-likeness (QED) is 0.253. The first kappa shape index (κ1) is 38.5. The van der Waals surface area contributed by atoms with Crippen molar-refractivity contribution in [3.05, 3.63) is 59.7 Å². The van der Waals surface area contributed by atoms with Crippen LogP contribution in [-0.2, 0) is 25.5 Å². The number of hydrogen-bond donors (Lipinski definition) is 4. The van der Waals surface area contributed by atoms with Crippen molar-refractivity contribution in [1.29, 1.82) is 0 Å². The number of amides is 1. The summed E-state index contributed by atoms with van der Waals surface area (Å²) in [5, 5.41) is 24.3. The van der Waals surface area contributed by atoms with E-state index in [1.165, 1.54) is 12.1 Å². The number of rotatable bonds is 7. The van der Waals surface area contributed by atoms with Crippen LogP contribution in [0, 0.1) is 18.7 Å². The van der Waals surface area contributed by atoms with Crippen molar-refractivity contribution in [3.63, 3.8) is 0 Å². The van der Waals surface area contributed by atoms with E-state index in [-0.39, 0.29) is 18.3 Å². The van der Waals surface area contributed by atoms with Crippen molar-refractivity contribution < 1.29 is 69.5 Å². The minimum atomic E-state index is -5.08. The molecule has 0 aliphatic carbocycles. The Kier molecular flexibility index (Phi) is 13.3. The number of benzene rings is 2. The Morgan fingerprint density at radius 2 is 1.65 bits per heavy atom. The van der Waals surface area contributed by atoms with Crippen LogP contribution in [0.15, 0.2) is 42.6 Å². The number of nitrogens with zero attached hydrogens (tertiary/aromatic N) is 2. The Hall–Kier alpha value is -4.91. The third-order valence-corrected chi connectivity index (χ3v) is 6.93. The highest BCUT2D eigenvalue weighted by molar-refractivity contribution is 5.95. The van der Waals surface area contributed by atoms with E-state index in [9.17, 15) is 35.5 Å². The number of morpholine rings is 1. The number of ether oxygens (including phenoxy) is 3. The van der Waals surface area contributed by atoms with Gasteiger partial charge in [-0.3, -0.25) is 14.8 Å². The van der Waals surface area contributed by atoms with Crippen LogP contribution in [0.1, 0.15) is 11.3 Å². The number of carbonyl (C=O) groups excluding carboxylic acids is 1. The minimum absolute atomic E-state index is 0.190. The summed E-state index contributed by atoms with van der Waals surface area (Å²) >= 11 is 0. The number of H-pyrrole nitrogens is 1. The molecular formula is C30H31F7N4O8. The molecular weight excluding hydrogens is 677 g/mol. The lowest BCUT2D eigenvalue weighted by Crippen LogP contribution is -2.38. The van der Waals surface area contributed by atoms with Crippen LogP contribution in [0.25, 0.3) is 11.1 Å². The number of anilines is 1. The molecule has 2 aliphatic rings. The van der Waals surface area contributed by atoms with Gasteiger partial charge in [-0.2, -0.15) is 31.4 Å². The van der Waals surface area contributed by atoms with E-state index in [2.05, 4.69) is 20.4 Å². The monoisotopic (exact) mass is 708 g/mol. The van der Waals surface area contributed by atoms with Gasteiger partial charge in [0.2, 0.25) is 5.91 Å². The smallest absolute Gasteiger partial charge is 0.490 e. The first-order valence-corrected chi connectivity index (χ1v) is 14.3. The second-order valence-electron chi connectivity index (χ2n) is 10.5. The average molecular weight is 709 g/mol. The minimum Gasteiger partial charge on any atom is -0.492 e. The van der Waals surface area contributed by atoms with Gasteiger partial charge in [0.25, 0.3) is 0 Å². The lowest BCUT2D eigenvalue weighted by molar-refractivity contribution is -0.193. The Morgan fingerprint density at radius 3 is 2.22 bits per heavy atom. The van der Waals surface area contributed by atoms with Crippen LogP contribution in [0.2, 0.25) is 0 Å². The SMILES string of the molecule is Cc1[nH]ncc1-c1ccc(NC(=O)C2COc3ccc(F)cc3C2)c(OCCN2CCOCC2)c1.O=C(O)C(F)(F)F.O=C(O)C(F)(F)F. The van der Waals surface area contributed by atoms with Crippen LogP contribution in [0.3, 0.4) is 0 Å². The number of hydrogen-bond acceptors (Lipinski definition) is 8. The molecule has 1 unspecified atom stereocenters. The predicted molar refractivity (Wildman–Crippen MR) is 157 cm³/mol. The van der Waals surface area contributed by atoms with Gasteiger partial charge in [0.1, 0.15) is 30.5 Å². The number of carboxylic acids is 2. The lowest BCUT2D eigenvalue weighted by atomic mass is 9.95. The Bertz CT molecular complexity index is 1570. The summed E-state index contributed by atoms with van der Waals surface area (Å²) < 4.78 is 94.4. The fourth-order valence-electron chi connectivity index (χ4n) is 4.43. The molecule has 1 aromatic heterocycles. The van der Waals surface area contributed by atoms with Gasteiger partial charge in [-0.05, 0) is 54.8 Å². The fourth-order valence-corrected chi connectivity index (χ4v) is 4.43. The number of alkyl halides is 6. The molecule has 2 aliphatic heterocycles. The number of aliphatic carboxylic acids is 2. The molecule has 3 heterocycles. The van der Waals surface area contributed by atoms with Gasteiger partial charge < -0.3 is 29.7 Å². The van der Waals surface area contributed by atoms with Crippen LogP contribution < -0.4 is 14.8 Å². The molecule has 268 valence electrons. The van der Waals surface area contributed by atoms with Gasteiger partial charge in [0.05, 0.1) is 31.0 Å². The molecule has 49 heavy (non-hydrogen) atoms. The maximum Gasteiger partial charge on any atom is 0.490 e. The lowest BCUT2D eigenvalue weighted by Gasteiger charge is -2.27. The zero-order chi connectivity index (χ0) is 36.4. The molecule has 1 fully saturated rings. The summed E-state index contributed by atoms with van der Waals surface area (Å²) in [5.41, 5.74) is 4.16. The van der Waals surface area contributed by atoms with Crippen molar-refractivity contribution >= 4 is 23.5 Å². The first-order valence-electron chi connectivity index (χ1n) is 14.3. The Balaban J connectivity index is 0.000000392. The van der Waals surface area contributed by atoms with E-state index in [0.717, 1.165) is 49.7 Å². The summed E-state index contributed by atoms with van der Waals surface area (Å²) in [7, 11) is 0. The van der Waals surface area contributed by atoms with Crippen LogP contribution >= 0.6 is 0 Å². The van der Waals surface area contributed by atoms with Crippen LogP contribution in [0.5, 0.6) is 11.5 Å². The van der Waals surface area contributed by atoms with Crippen LogP contribution in [-0.4, -0.2) is 102 Å². The number of halogens is 7. The van der Waals surface area contributed by atoms with Crippen molar-refractivity contribution in [2.24, 2.45) is 5.92 Å². The van der Waals surface area contributed by atoms with Crippen molar-refractivity contribution in [3.8, 4) is 22.6 Å². The van der Waals surface area contributed by atoms with E-state index in [0.29, 0.717) is 35.8 Å². The molecule has 5 rings (SSSR count). The average Bonchev–Trinajstić information content (AvgIpc) is 3.47. The Morgan fingerprint density at radius 1 is 1.02 bits per heavy atom. The molecule has 3 aromatic rings. The third kappa shape index (κ3) is 11.9. The molecule has 0 radical (unpaired) electrons. The number of aromatic amines is 1. The highest BCUT2D eigenvalue weighted by atomic mass is 19.4. The van der Waals surface area contributed by atoms with E-state index in [1.54, 1.807) is 12.3 Å². The highest BCUT2D eigenvalue weighted by Crippen LogP contribution is 2.34. The van der Waals surface area contributed by atoms with Gasteiger partial charge in [0, 0.05) is 30.9 Å². The standard InChI is InChI=1S/C26H29FN4O4.2C2HF3O2/c1-17-22(15-28-30-17)18-2-4-23(25(14-18)34-11-8-31-6-9-33-10-7-31)29-26(32)20-12-19-13-21(27)3-5-24(19)35-16-20;2*3-2(4,5)1(6)7/h2-5,13-15,20H,6-12,16H2,1H3,(H,28,30)(H,29,32);2*(H,6,7). The molecule has 0 saturated carbocycles. The summed E-state index contributed by atoms with van der Waals surface area (Å²) in [5.74, 6) is -5.25. The van der Waals surface area contributed by atoms with Gasteiger partial charge in [0.15, 0.2) is 0 Å². The summed E-state index contributed by atoms with van der Waals surface area (Å²) in [6.45, 7) is 6.67. The van der Waals surface area contributed by atoms with Gasteiger partial charge in [-0.1, -0.05) is 6.07 Å². The normalized spacial score (nSPS) is 16.0. The summed E-state index contributed by atoms with van der Waals surface area (Å²) in [6.07, 6.45) is -7.98. The van der Waals surface area contributed by atoms with Crippen molar-refractivity contribution in [2.45, 2.75) is 25.7 Å². The van der Waals surface area contributed by atoms with E-state index in [1.807, 2.05) is 25.1 Å². The van der Waals surface area contributed by atoms with Crippen LogP contribution in [0.4, 0.5) is 36.4 Å². The zero-order valence-corrected chi connectivity index (χ0v) is 25.7. The molecule has 1 atom stereocenters. The molecule has 1 saturated heterocycles. The number of aryl methyl sites for hydroxylation is 1. The van der Waals surface area contributed by atoms with E-state index < -0.39 is 30.2 Å². The third-order valence-electron chi connectivity index (χ3n) is 6.93. The number of nitrogens with one attached hydrogen (secondary N) is 2.